The second-order valence-corrected chi connectivity index (χ2v) is 7.79. The molecule has 3 amide bonds. The molecule has 4 unspecified atom stereocenters. The molecule has 0 bridgehead atoms. The van der Waals surface area contributed by atoms with Crippen LogP contribution in [-0.2, 0) is 19.2 Å². The summed E-state index contributed by atoms with van der Waals surface area (Å²) in [5, 5.41) is 20.1. The summed E-state index contributed by atoms with van der Waals surface area (Å²) in [7, 11) is 0. The Morgan fingerprint density at radius 2 is 1.76 bits per heavy atom. The molecule has 1 fully saturated rings. The Hall–Kier alpha value is -2.20. The summed E-state index contributed by atoms with van der Waals surface area (Å²) in [4.78, 5) is 48.6. The summed E-state index contributed by atoms with van der Waals surface area (Å²) >= 11 is 0. The average Bonchev–Trinajstić information content (AvgIpc) is 3.19. The van der Waals surface area contributed by atoms with E-state index in [1.807, 2.05) is 0 Å². The van der Waals surface area contributed by atoms with Gasteiger partial charge in [-0.25, -0.2) is 4.79 Å². The molecule has 29 heavy (non-hydrogen) atoms. The summed E-state index contributed by atoms with van der Waals surface area (Å²) in [5.41, 5.74) is 5.51. The lowest BCUT2D eigenvalue weighted by molar-refractivity contribution is -0.143. The summed E-state index contributed by atoms with van der Waals surface area (Å²) in [6, 6.07) is -3.09. The maximum atomic E-state index is 12.7. The zero-order chi connectivity index (χ0) is 22.0. The third-order valence-corrected chi connectivity index (χ3v) is 4.94. The Morgan fingerprint density at radius 3 is 2.28 bits per heavy atom. The lowest BCUT2D eigenvalue weighted by Crippen LogP contribution is -2.56. The van der Waals surface area contributed by atoms with E-state index in [-0.39, 0.29) is 17.9 Å². The number of amides is 3. The zero-order valence-corrected chi connectivity index (χ0v) is 17.5. The topological polar surface area (TPSA) is 163 Å². The van der Waals surface area contributed by atoms with Gasteiger partial charge >= 0.3 is 5.97 Å². The normalized spacial score (nSPS) is 19.3. The highest BCUT2D eigenvalue weighted by atomic mass is 16.4. The van der Waals surface area contributed by atoms with Crippen molar-refractivity contribution in [3.05, 3.63) is 0 Å². The standard InChI is InChI=1S/C19H35N5O5/c1-11(2)15(19(28)29)24-16(25)12(3)22-18(27)14(7-4-5-9-20)23-17(26)13-8-6-10-21-13/h11-15,21H,4-10,20H2,1-3H3,(H,22,27)(H,23,26)(H,24,25)(H,28,29). The van der Waals surface area contributed by atoms with Crippen LogP contribution in [0.4, 0.5) is 0 Å². The van der Waals surface area contributed by atoms with Crippen molar-refractivity contribution in [3.63, 3.8) is 0 Å². The fraction of sp³-hybridized carbons (Fsp3) is 0.789. The van der Waals surface area contributed by atoms with Crippen molar-refractivity contribution >= 4 is 23.7 Å². The van der Waals surface area contributed by atoms with Gasteiger partial charge in [-0.2, -0.15) is 0 Å². The molecule has 1 saturated heterocycles. The van der Waals surface area contributed by atoms with Crippen LogP contribution in [0.2, 0.25) is 0 Å². The molecule has 1 rings (SSSR count). The van der Waals surface area contributed by atoms with Crippen LogP contribution < -0.4 is 27.0 Å². The lowest BCUT2D eigenvalue weighted by Gasteiger charge is -2.24. The van der Waals surface area contributed by atoms with Crippen LogP contribution in [0, 0.1) is 5.92 Å². The molecule has 0 aliphatic carbocycles. The highest BCUT2D eigenvalue weighted by Gasteiger charge is 2.30. The first kappa shape index (κ1) is 24.8. The van der Waals surface area contributed by atoms with Gasteiger partial charge in [0.25, 0.3) is 0 Å². The molecule has 0 radical (unpaired) electrons. The molecule has 0 aromatic rings. The molecular formula is C19H35N5O5. The number of aliphatic carboxylic acids is 1. The second kappa shape index (κ2) is 12.4. The summed E-state index contributed by atoms with van der Waals surface area (Å²) in [6.07, 6.45) is 3.39. The minimum atomic E-state index is -1.14. The molecule has 4 atom stereocenters. The van der Waals surface area contributed by atoms with Gasteiger partial charge in [-0.15, -0.1) is 0 Å². The monoisotopic (exact) mass is 413 g/mol. The van der Waals surface area contributed by atoms with Crippen molar-refractivity contribution in [2.45, 2.75) is 77.0 Å². The van der Waals surface area contributed by atoms with Crippen LogP contribution in [0.25, 0.3) is 0 Å². The third kappa shape index (κ3) is 8.36. The zero-order valence-electron chi connectivity index (χ0n) is 17.5. The SMILES string of the molecule is CC(NC(=O)C(CCCCN)NC(=O)C1CCCN1)C(=O)NC(C(=O)O)C(C)C. The number of carbonyl (C=O) groups excluding carboxylic acids is 3. The van der Waals surface area contributed by atoms with Crippen molar-refractivity contribution in [3.8, 4) is 0 Å². The molecule has 7 N–H and O–H groups in total. The van der Waals surface area contributed by atoms with Crippen LogP contribution in [0.3, 0.4) is 0 Å². The Labute approximate surface area is 171 Å². The summed E-state index contributed by atoms with van der Waals surface area (Å²) in [5.74, 6) is -2.75. The van der Waals surface area contributed by atoms with Crippen molar-refractivity contribution in [1.29, 1.82) is 0 Å². The van der Waals surface area contributed by atoms with Gasteiger partial charge in [-0.3, -0.25) is 14.4 Å². The van der Waals surface area contributed by atoms with E-state index >= 15 is 0 Å². The van der Waals surface area contributed by atoms with E-state index in [9.17, 15) is 24.3 Å². The van der Waals surface area contributed by atoms with E-state index in [2.05, 4.69) is 21.3 Å². The maximum absolute atomic E-state index is 12.7. The molecule has 0 saturated carbocycles. The number of unbranched alkanes of at least 4 members (excludes halogenated alkanes) is 1. The smallest absolute Gasteiger partial charge is 0.326 e. The predicted molar refractivity (Wildman–Crippen MR) is 108 cm³/mol. The Morgan fingerprint density at radius 1 is 1.07 bits per heavy atom. The first-order chi connectivity index (χ1) is 13.7. The first-order valence-electron chi connectivity index (χ1n) is 10.2. The van der Waals surface area contributed by atoms with Crippen molar-refractivity contribution < 1.29 is 24.3 Å². The van der Waals surface area contributed by atoms with E-state index in [1.54, 1.807) is 13.8 Å². The number of hydrogen-bond acceptors (Lipinski definition) is 6. The van der Waals surface area contributed by atoms with Gasteiger partial charge in [0.2, 0.25) is 17.7 Å². The van der Waals surface area contributed by atoms with E-state index in [4.69, 9.17) is 5.73 Å². The Balaban J connectivity index is 2.69. The predicted octanol–water partition coefficient (Wildman–Crippen LogP) is -0.918. The highest BCUT2D eigenvalue weighted by Crippen LogP contribution is 2.08. The van der Waals surface area contributed by atoms with Crippen molar-refractivity contribution in [2.24, 2.45) is 11.7 Å². The maximum Gasteiger partial charge on any atom is 0.326 e. The van der Waals surface area contributed by atoms with Crippen LogP contribution in [0.15, 0.2) is 0 Å². The summed E-state index contributed by atoms with van der Waals surface area (Å²) in [6.45, 7) is 6.09. The number of hydrogen-bond donors (Lipinski definition) is 6. The van der Waals surface area contributed by atoms with Gasteiger partial charge in [0.1, 0.15) is 18.1 Å². The van der Waals surface area contributed by atoms with Gasteiger partial charge in [0.05, 0.1) is 6.04 Å². The first-order valence-corrected chi connectivity index (χ1v) is 10.2. The number of nitrogens with two attached hydrogens (primary N) is 1. The number of carboxylic acid groups (broad SMARTS) is 1. The molecule has 0 aromatic carbocycles. The van der Waals surface area contributed by atoms with E-state index < -0.39 is 35.9 Å². The second-order valence-electron chi connectivity index (χ2n) is 7.79. The Bertz CT molecular complexity index is 577. The fourth-order valence-corrected chi connectivity index (χ4v) is 3.11. The van der Waals surface area contributed by atoms with Crippen molar-refractivity contribution in [1.82, 2.24) is 21.3 Å². The minimum Gasteiger partial charge on any atom is -0.480 e. The highest BCUT2D eigenvalue weighted by molar-refractivity contribution is 5.94. The van der Waals surface area contributed by atoms with Gasteiger partial charge in [0.15, 0.2) is 0 Å². The van der Waals surface area contributed by atoms with Gasteiger partial charge < -0.3 is 32.1 Å². The molecule has 0 spiro atoms. The van der Waals surface area contributed by atoms with E-state index in [0.717, 1.165) is 13.0 Å². The quantitative estimate of drug-likeness (QED) is 0.225. The van der Waals surface area contributed by atoms with E-state index in [1.165, 1.54) is 6.92 Å². The van der Waals surface area contributed by atoms with Gasteiger partial charge in [-0.1, -0.05) is 13.8 Å². The molecule has 166 valence electrons. The molecular weight excluding hydrogens is 378 g/mol. The molecule has 1 aliphatic rings. The molecule has 0 aromatic heterocycles. The Kier molecular flexibility index (Phi) is 10.6. The lowest BCUT2D eigenvalue weighted by atomic mass is 10.0. The van der Waals surface area contributed by atoms with Crippen LogP contribution in [0.5, 0.6) is 0 Å². The average molecular weight is 414 g/mol. The van der Waals surface area contributed by atoms with Gasteiger partial charge in [-0.05, 0) is 58.0 Å². The third-order valence-electron chi connectivity index (χ3n) is 4.94. The summed E-state index contributed by atoms with van der Waals surface area (Å²) < 4.78 is 0. The number of carboxylic acids is 1. The number of rotatable bonds is 12. The molecule has 10 heteroatoms. The molecule has 1 heterocycles. The van der Waals surface area contributed by atoms with Crippen molar-refractivity contribution in [2.75, 3.05) is 13.1 Å². The number of nitrogens with one attached hydrogen (secondary N) is 4. The fourth-order valence-electron chi connectivity index (χ4n) is 3.11. The number of carbonyl (C=O) groups is 4. The minimum absolute atomic E-state index is 0.238. The van der Waals surface area contributed by atoms with Crippen LogP contribution in [-0.4, -0.2) is 66.1 Å². The molecule has 1 aliphatic heterocycles. The molecule has 10 nitrogen and oxygen atoms in total. The van der Waals surface area contributed by atoms with Crippen LogP contribution >= 0.6 is 0 Å². The largest absolute Gasteiger partial charge is 0.480 e. The van der Waals surface area contributed by atoms with E-state index in [0.29, 0.717) is 32.2 Å². The van der Waals surface area contributed by atoms with Gasteiger partial charge in [0, 0.05) is 0 Å². The van der Waals surface area contributed by atoms with Crippen LogP contribution in [0.1, 0.15) is 52.9 Å².